The Hall–Kier alpha value is -6.41. The zero-order valence-corrected chi connectivity index (χ0v) is 44.6. The molecule has 0 aromatic heterocycles. The maximum Gasteiger partial charge on any atom is 1.00 e. The number of nitrogens with two attached hydrogens (primary N) is 1. The number of hydrazine groups is 1. The number of aromatic hydroxyl groups is 1. The van der Waals surface area contributed by atoms with Crippen LogP contribution in [0, 0.1) is 13.8 Å². The second-order valence-electron chi connectivity index (χ2n) is 16.1. The van der Waals surface area contributed by atoms with Crippen molar-refractivity contribution >= 4 is 52.8 Å². The summed E-state index contributed by atoms with van der Waals surface area (Å²) in [5.74, 6) is 2.57. The van der Waals surface area contributed by atoms with Crippen molar-refractivity contribution in [1.29, 1.82) is 0 Å². The molecule has 0 bridgehead atoms. The number of amides is 6. The molecule has 3 aromatic rings. The monoisotopic (exact) mass is 1070 g/mol. The molecular weight excluding hydrogens is 998 g/mol. The number of rotatable bonds is 29. The predicted octanol–water partition coefficient (Wildman–Crippen LogP) is -3.55. The Morgan fingerprint density at radius 3 is 1.13 bits per heavy atom. The van der Waals surface area contributed by atoms with Crippen molar-refractivity contribution in [3.05, 3.63) is 83.6 Å². The normalized spacial score (nSPS) is 9.69. The van der Waals surface area contributed by atoms with Gasteiger partial charge in [-0.2, -0.15) is 0 Å². The molecule has 3 rings (SSSR count). The van der Waals surface area contributed by atoms with Crippen LogP contribution in [-0.4, -0.2) is 89.6 Å². The van der Waals surface area contributed by atoms with Crippen LogP contribution < -0.4 is 105 Å². The number of carbonyl (C=O) groups excluding carboxylic acids is 9. The van der Waals surface area contributed by atoms with Crippen LogP contribution in [0.5, 0.6) is 11.5 Å². The van der Waals surface area contributed by atoms with Gasteiger partial charge in [-0.25, -0.2) is 5.84 Å². The Labute approximate surface area is 457 Å². The standard InChI is InChI=1S/C18H26N2O6.C14H18N2O6.C9H17N3O3.C6H6O2.2CH4.Na.H2O/c1-3-4-9-26-18-14(16(24)17(18)25)11-20-15(23)8-6-5-7-13(22)10-19-12(2)21;1-8(17)15-6-9(18)4-2-3-5-11(19)16-7-10-12(20)14(22)13(10)21;1-7(13)11-6-8(14)4-2-3-5-9(15)12-10;1-3-4(2)6(8)5(3)7;;;;/h3-11H2,1-2H3,(H,19,21)(H,20,23);20H,2-7H2,1H3,(H,15,17)(H,16,19);2-6,10H2,1H3,(H,11,13)(H,12,15);1-2H3;2*1H4;;1H2/q;;;;;;+1;/p-1. The first-order valence-corrected chi connectivity index (χ1v) is 22.9. The molecule has 0 aliphatic heterocycles. The van der Waals surface area contributed by atoms with Gasteiger partial charge >= 0.3 is 29.6 Å². The van der Waals surface area contributed by atoms with Crippen LogP contribution in [0.4, 0.5) is 0 Å². The van der Waals surface area contributed by atoms with Gasteiger partial charge in [-0.15, -0.1) is 0 Å². The minimum Gasteiger partial charge on any atom is -0.870 e. The second-order valence-corrected chi connectivity index (χ2v) is 16.1. The molecule has 0 fully saturated rings. The minimum absolute atomic E-state index is 0. The molecule has 26 heteroatoms. The predicted molar refractivity (Wildman–Crippen MR) is 274 cm³/mol. The molecule has 25 nitrogen and oxygen atoms in total. The van der Waals surface area contributed by atoms with Crippen molar-refractivity contribution in [1.82, 2.24) is 32.0 Å². The van der Waals surface area contributed by atoms with Crippen molar-refractivity contribution < 1.29 is 88.0 Å². The van der Waals surface area contributed by atoms with Crippen molar-refractivity contribution in [3.63, 3.8) is 0 Å². The Bertz CT molecular complexity index is 2500. The summed E-state index contributed by atoms with van der Waals surface area (Å²) in [4.78, 5) is 165. The van der Waals surface area contributed by atoms with E-state index < -0.39 is 27.5 Å². The van der Waals surface area contributed by atoms with E-state index in [0.717, 1.165) is 12.8 Å². The number of ether oxygens (including phenoxy) is 1. The number of ketones is 3. The summed E-state index contributed by atoms with van der Waals surface area (Å²) in [5, 5.41) is 21.4. The number of hydrogen-bond acceptors (Lipinski definition) is 19. The van der Waals surface area contributed by atoms with E-state index in [1.807, 2.05) is 12.3 Å². The molecule has 0 atom stereocenters. The topological polar surface area (TPSA) is 414 Å². The van der Waals surface area contributed by atoms with Gasteiger partial charge in [0.15, 0.2) is 28.8 Å². The molecule has 0 radical (unpaired) electrons. The van der Waals surface area contributed by atoms with E-state index in [1.54, 1.807) is 13.8 Å². The Kier molecular flexibility index (Phi) is 44.3. The largest absolute Gasteiger partial charge is 1.00 e. The fourth-order valence-electron chi connectivity index (χ4n) is 5.64. The van der Waals surface area contributed by atoms with Crippen LogP contribution in [0.3, 0.4) is 0 Å². The van der Waals surface area contributed by atoms with E-state index in [-0.39, 0.29) is 182 Å². The smallest absolute Gasteiger partial charge is 0.870 e. The van der Waals surface area contributed by atoms with Gasteiger partial charge in [0.1, 0.15) is 0 Å². The van der Waals surface area contributed by atoms with Gasteiger partial charge < -0.3 is 41.9 Å². The number of nitrogens with one attached hydrogen (secondary N) is 6. The van der Waals surface area contributed by atoms with Gasteiger partial charge in [-0.1, -0.05) is 28.2 Å². The molecule has 75 heavy (non-hydrogen) atoms. The summed E-state index contributed by atoms with van der Waals surface area (Å²) >= 11 is 0. The number of hydrogen-bond donors (Lipinski definition) is 8. The van der Waals surface area contributed by atoms with Crippen molar-refractivity contribution in [2.24, 2.45) is 5.84 Å². The van der Waals surface area contributed by atoms with Crippen LogP contribution >= 0.6 is 0 Å². The maximum atomic E-state index is 11.8. The molecule has 0 aliphatic rings. The fourth-order valence-corrected chi connectivity index (χ4v) is 5.64. The van der Waals surface area contributed by atoms with E-state index in [2.05, 4.69) is 26.6 Å². The minimum atomic E-state index is -0.929. The van der Waals surface area contributed by atoms with Crippen LogP contribution in [0.15, 0.2) is 28.8 Å². The first-order valence-electron chi connectivity index (χ1n) is 22.9. The van der Waals surface area contributed by atoms with E-state index in [0.29, 0.717) is 75.5 Å². The van der Waals surface area contributed by atoms with Gasteiger partial charge in [-0.3, -0.25) is 77.3 Å². The molecule has 0 spiro atoms. The van der Waals surface area contributed by atoms with Crippen molar-refractivity contribution in [2.45, 2.75) is 159 Å². The number of unbranched alkanes of at least 4 members (excludes halogenated alkanes) is 4. The summed E-state index contributed by atoms with van der Waals surface area (Å²) in [6.07, 6.45) is 6.64. The Morgan fingerprint density at radius 1 is 0.480 bits per heavy atom. The summed E-state index contributed by atoms with van der Waals surface area (Å²) in [6.45, 7) is 9.59. The molecule has 0 aliphatic carbocycles. The van der Waals surface area contributed by atoms with Gasteiger partial charge in [-0.05, 0) is 58.8 Å². The van der Waals surface area contributed by atoms with E-state index in [9.17, 15) is 71.9 Å². The molecule has 3 aromatic carbocycles. The molecule has 6 amide bonds. The molecule has 0 heterocycles. The quantitative estimate of drug-likeness (QED) is 0.00833. The maximum absolute atomic E-state index is 11.8. The molecular formula is C49H76N7NaO18. The van der Waals surface area contributed by atoms with Crippen LogP contribution in [0.25, 0.3) is 0 Å². The zero-order valence-electron chi connectivity index (χ0n) is 42.6. The average molecular weight is 1070 g/mol. The summed E-state index contributed by atoms with van der Waals surface area (Å²) < 4.78 is 5.30. The van der Waals surface area contributed by atoms with E-state index in [4.69, 9.17) is 15.7 Å². The van der Waals surface area contributed by atoms with Crippen LogP contribution in [0.2, 0.25) is 0 Å². The third kappa shape index (κ3) is 32.5. The van der Waals surface area contributed by atoms with Gasteiger partial charge in [0.25, 0.3) is 10.9 Å². The van der Waals surface area contributed by atoms with E-state index >= 15 is 0 Å². The third-order valence-electron chi connectivity index (χ3n) is 10.2. The summed E-state index contributed by atoms with van der Waals surface area (Å²) in [5.41, 5.74) is -0.200. The SMILES string of the molecule is C.C.CC(=O)NCC(=O)CCCCC(=O)NCc1c(O)c(=O)c1=O.CC(=O)NCC(=O)CCCCC(=O)NN.CCCCOc1c(CNC(=O)CCCCC(=O)CNC(C)=O)c(=O)c1=O.Cc1c(C)c(=O)c1=O.[Na+].[OH-]. The summed E-state index contributed by atoms with van der Waals surface area (Å²) in [6, 6.07) is 0. The van der Waals surface area contributed by atoms with E-state index in [1.165, 1.54) is 20.8 Å². The zero-order chi connectivity index (χ0) is 54.2. The number of Topliss-reactive ketones (excluding diaryl/α,β-unsaturated/α-hetero) is 3. The average Bonchev–Trinajstić information content (AvgIpc) is 3.34. The molecule has 0 unspecified atom stereocenters. The van der Waals surface area contributed by atoms with Gasteiger partial charge in [0, 0.05) is 70.4 Å². The Balaban J connectivity index is -0.000000303. The van der Waals surface area contributed by atoms with Gasteiger partial charge in [0.2, 0.25) is 57.2 Å². The van der Waals surface area contributed by atoms with Gasteiger partial charge in [0.05, 0.1) is 50.5 Å². The van der Waals surface area contributed by atoms with Crippen LogP contribution in [0.1, 0.15) is 155 Å². The first kappa shape index (κ1) is 77.5. The van der Waals surface area contributed by atoms with Crippen LogP contribution in [-0.2, 0) is 56.2 Å². The molecule has 416 valence electrons. The summed E-state index contributed by atoms with van der Waals surface area (Å²) in [7, 11) is 0. The first-order chi connectivity index (χ1) is 33.4. The fraction of sp³-hybridized carbons (Fsp3) is 0.571. The molecule has 10 N–H and O–H groups in total. The third-order valence-corrected chi connectivity index (χ3v) is 10.2. The Morgan fingerprint density at radius 2 is 0.813 bits per heavy atom. The molecule has 0 saturated heterocycles. The number of carbonyl (C=O) groups is 9. The second kappa shape index (κ2) is 42.9. The van der Waals surface area contributed by atoms with Crippen molar-refractivity contribution in [2.75, 3.05) is 26.2 Å². The van der Waals surface area contributed by atoms with Crippen molar-refractivity contribution in [3.8, 4) is 11.5 Å². The molecule has 0 saturated carbocycles.